The maximum Gasteiger partial charge on any atom is 0.235 e. The first kappa shape index (κ1) is 20.1. The molecule has 1 fully saturated rings. The number of hydrogen-bond acceptors (Lipinski definition) is 4. The zero-order valence-electron chi connectivity index (χ0n) is 16.4. The molecule has 29 heavy (non-hydrogen) atoms. The topological polar surface area (TPSA) is 45.2 Å². The first-order chi connectivity index (χ1) is 14.0. The van der Waals surface area contributed by atoms with Crippen LogP contribution in [-0.4, -0.2) is 22.8 Å². The Bertz CT molecular complexity index is 985. The standard InChI is InChI=1S/C23H24ClN3OS/c1-27(14-21-15-29-16-25-21)13-17-5-2-8-20(11-17)26-22(28)23(9-4-10-23)18-6-3-7-19(24)12-18/h2-3,5-8,11-12,15-16H,4,9-10,13-14H2,1H3,(H,26,28). The normalized spacial score (nSPS) is 15.1. The Labute approximate surface area is 180 Å². The van der Waals surface area contributed by atoms with Gasteiger partial charge < -0.3 is 5.32 Å². The van der Waals surface area contributed by atoms with Gasteiger partial charge in [0.1, 0.15) is 0 Å². The van der Waals surface area contributed by atoms with Gasteiger partial charge in [0.15, 0.2) is 0 Å². The average Bonchev–Trinajstić information content (AvgIpc) is 3.14. The molecule has 1 saturated carbocycles. The second-order valence-electron chi connectivity index (χ2n) is 7.75. The number of hydrogen-bond donors (Lipinski definition) is 1. The van der Waals surface area contributed by atoms with Crippen LogP contribution in [0.3, 0.4) is 0 Å². The summed E-state index contributed by atoms with van der Waals surface area (Å²) in [5.74, 6) is 0.0546. The molecule has 1 amide bonds. The van der Waals surface area contributed by atoms with Gasteiger partial charge in [-0.3, -0.25) is 9.69 Å². The Kier molecular flexibility index (Phi) is 5.99. The number of benzene rings is 2. The van der Waals surface area contributed by atoms with Gasteiger partial charge in [0.2, 0.25) is 5.91 Å². The van der Waals surface area contributed by atoms with Gasteiger partial charge in [-0.25, -0.2) is 4.98 Å². The van der Waals surface area contributed by atoms with E-state index in [1.807, 2.05) is 41.9 Å². The van der Waals surface area contributed by atoms with Crippen LogP contribution < -0.4 is 5.32 Å². The number of anilines is 1. The molecule has 4 nitrogen and oxygen atoms in total. The van der Waals surface area contributed by atoms with Gasteiger partial charge in [-0.2, -0.15) is 0 Å². The van der Waals surface area contributed by atoms with Crippen molar-refractivity contribution in [1.82, 2.24) is 9.88 Å². The van der Waals surface area contributed by atoms with Gasteiger partial charge in [0.05, 0.1) is 16.6 Å². The molecule has 1 heterocycles. The van der Waals surface area contributed by atoms with E-state index in [0.717, 1.165) is 54.9 Å². The van der Waals surface area contributed by atoms with E-state index < -0.39 is 5.41 Å². The van der Waals surface area contributed by atoms with Crippen molar-refractivity contribution in [2.45, 2.75) is 37.8 Å². The summed E-state index contributed by atoms with van der Waals surface area (Å²) in [5.41, 5.74) is 5.47. The fourth-order valence-electron chi connectivity index (χ4n) is 3.92. The highest BCUT2D eigenvalue weighted by Gasteiger charge is 2.45. The van der Waals surface area contributed by atoms with Gasteiger partial charge in [0.25, 0.3) is 0 Å². The molecule has 1 aliphatic rings. The second-order valence-corrected chi connectivity index (χ2v) is 8.91. The summed E-state index contributed by atoms with van der Waals surface area (Å²) in [7, 11) is 2.08. The molecule has 3 aromatic rings. The third-order valence-electron chi connectivity index (χ3n) is 5.57. The number of carbonyl (C=O) groups excluding carboxylic acids is 1. The molecule has 6 heteroatoms. The largest absolute Gasteiger partial charge is 0.325 e. The van der Waals surface area contributed by atoms with Crippen LogP contribution in [0.1, 0.15) is 36.1 Å². The van der Waals surface area contributed by atoms with Crippen LogP contribution in [0.4, 0.5) is 5.69 Å². The lowest BCUT2D eigenvalue weighted by atomic mass is 9.64. The SMILES string of the molecule is CN(Cc1cccc(NC(=O)C2(c3cccc(Cl)c3)CCC2)c1)Cc1cscn1. The Morgan fingerprint density at radius 2 is 2.03 bits per heavy atom. The summed E-state index contributed by atoms with van der Waals surface area (Å²) in [6.07, 6.45) is 2.77. The van der Waals surface area contributed by atoms with Gasteiger partial charge in [-0.05, 0) is 55.3 Å². The molecule has 0 unspecified atom stereocenters. The van der Waals surface area contributed by atoms with Crippen LogP contribution in [0.2, 0.25) is 5.02 Å². The van der Waals surface area contributed by atoms with E-state index >= 15 is 0 Å². The summed E-state index contributed by atoms with van der Waals surface area (Å²) >= 11 is 7.79. The first-order valence-electron chi connectivity index (χ1n) is 9.77. The average molecular weight is 426 g/mol. The molecule has 0 saturated heterocycles. The van der Waals surface area contributed by atoms with Gasteiger partial charge in [-0.15, -0.1) is 11.3 Å². The van der Waals surface area contributed by atoms with Gasteiger partial charge >= 0.3 is 0 Å². The lowest BCUT2D eigenvalue weighted by Crippen LogP contribution is -2.46. The quantitative estimate of drug-likeness (QED) is 0.544. The molecule has 1 N–H and O–H groups in total. The number of nitrogens with one attached hydrogen (secondary N) is 1. The highest BCUT2D eigenvalue weighted by Crippen LogP contribution is 2.45. The number of carbonyl (C=O) groups is 1. The molecule has 0 radical (unpaired) electrons. The van der Waals surface area contributed by atoms with Crippen LogP contribution in [-0.2, 0) is 23.3 Å². The van der Waals surface area contributed by atoms with Crippen molar-refractivity contribution in [2.75, 3.05) is 12.4 Å². The van der Waals surface area contributed by atoms with E-state index in [-0.39, 0.29) is 5.91 Å². The fraction of sp³-hybridized carbons (Fsp3) is 0.304. The Morgan fingerprint density at radius 3 is 2.72 bits per heavy atom. The summed E-state index contributed by atoms with van der Waals surface area (Å²) in [5, 5.41) is 5.89. The predicted octanol–water partition coefficient (Wildman–Crippen LogP) is 5.49. The molecule has 2 aromatic carbocycles. The van der Waals surface area contributed by atoms with Crippen molar-refractivity contribution in [2.24, 2.45) is 0 Å². The van der Waals surface area contributed by atoms with Crippen LogP contribution in [0.15, 0.2) is 59.4 Å². The Morgan fingerprint density at radius 1 is 1.21 bits per heavy atom. The molecule has 150 valence electrons. The first-order valence-corrected chi connectivity index (χ1v) is 11.1. The molecule has 0 spiro atoms. The zero-order valence-corrected chi connectivity index (χ0v) is 18.0. The van der Waals surface area contributed by atoms with E-state index in [4.69, 9.17) is 11.6 Å². The summed E-state index contributed by atoms with van der Waals surface area (Å²) in [6.45, 7) is 1.60. The van der Waals surface area contributed by atoms with Gasteiger partial charge in [0, 0.05) is 29.2 Å². The Hall–Kier alpha value is -2.21. The molecular formula is C23H24ClN3OS. The van der Waals surface area contributed by atoms with E-state index in [9.17, 15) is 4.79 Å². The Balaban J connectivity index is 1.45. The number of nitrogens with zero attached hydrogens (tertiary/aromatic N) is 2. The lowest BCUT2D eigenvalue weighted by molar-refractivity contribution is -0.124. The number of amides is 1. The minimum Gasteiger partial charge on any atom is -0.325 e. The highest BCUT2D eigenvalue weighted by atomic mass is 35.5. The molecule has 0 bridgehead atoms. The van der Waals surface area contributed by atoms with Gasteiger partial charge in [-0.1, -0.05) is 42.3 Å². The van der Waals surface area contributed by atoms with E-state index in [1.165, 1.54) is 0 Å². The maximum atomic E-state index is 13.2. The molecule has 1 aromatic heterocycles. The minimum atomic E-state index is -0.470. The van der Waals surface area contributed by atoms with Crippen LogP contribution in [0.25, 0.3) is 0 Å². The molecule has 0 aliphatic heterocycles. The van der Waals surface area contributed by atoms with Crippen LogP contribution >= 0.6 is 22.9 Å². The highest BCUT2D eigenvalue weighted by molar-refractivity contribution is 7.07. The summed E-state index contributed by atoms with van der Waals surface area (Å²) < 4.78 is 0. The van der Waals surface area contributed by atoms with Crippen molar-refractivity contribution in [1.29, 1.82) is 0 Å². The maximum absolute atomic E-state index is 13.2. The number of aromatic nitrogens is 1. The molecule has 1 aliphatic carbocycles. The molecule has 0 atom stereocenters. The van der Waals surface area contributed by atoms with Crippen LogP contribution in [0, 0.1) is 0 Å². The number of rotatable bonds is 7. The smallest absolute Gasteiger partial charge is 0.235 e. The third kappa shape index (κ3) is 4.53. The second kappa shape index (κ2) is 8.66. The number of thiazole rings is 1. The van der Waals surface area contributed by atoms with Crippen molar-refractivity contribution in [3.8, 4) is 0 Å². The summed E-state index contributed by atoms with van der Waals surface area (Å²) in [4.78, 5) is 19.8. The van der Waals surface area contributed by atoms with Crippen molar-refractivity contribution in [3.05, 3.63) is 81.3 Å². The van der Waals surface area contributed by atoms with Crippen molar-refractivity contribution in [3.63, 3.8) is 0 Å². The zero-order chi connectivity index (χ0) is 20.3. The predicted molar refractivity (Wildman–Crippen MR) is 119 cm³/mol. The lowest BCUT2D eigenvalue weighted by Gasteiger charge is -2.40. The van der Waals surface area contributed by atoms with E-state index in [1.54, 1.807) is 11.3 Å². The minimum absolute atomic E-state index is 0.0546. The van der Waals surface area contributed by atoms with Crippen LogP contribution in [0.5, 0.6) is 0 Å². The monoisotopic (exact) mass is 425 g/mol. The summed E-state index contributed by atoms with van der Waals surface area (Å²) in [6, 6.07) is 15.8. The molecular weight excluding hydrogens is 402 g/mol. The van der Waals surface area contributed by atoms with Crippen molar-refractivity contribution < 1.29 is 4.79 Å². The number of halogens is 1. The van der Waals surface area contributed by atoms with E-state index in [2.05, 4.69) is 39.8 Å². The fourth-order valence-corrected chi connectivity index (χ4v) is 4.66. The van der Waals surface area contributed by atoms with E-state index in [0.29, 0.717) is 5.02 Å². The third-order valence-corrected chi connectivity index (χ3v) is 6.44. The molecule has 4 rings (SSSR count). The van der Waals surface area contributed by atoms with Crippen molar-refractivity contribution >= 4 is 34.5 Å².